The van der Waals surface area contributed by atoms with E-state index in [1.54, 1.807) is 16.8 Å². The molecule has 0 fully saturated rings. The SMILES string of the molecule is CCCNC(=O)c1nc(-c2cccc(Cl)c2)n(-c2ccc(OCC)cc2)n1. The lowest BCUT2D eigenvalue weighted by molar-refractivity contribution is 0.0943. The Kier molecular flexibility index (Phi) is 6.08. The maximum atomic E-state index is 12.3. The molecule has 0 saturated carbocycles. The second-order valence-corrected chi connectivity index (χ2v) is 6.30. The normalized spacial score (nSPS) is 10.6. The molecule has 140 valence electrons. The average molecular weight is 385 g/mol. The number of rotatable bonds is 7. The first-order valence-electron chi connectivity index (χ1n) is 8.86. The highest BCUT2D eigenvalue weighted by Gasteiger charge is 2.18. The van der Waals surface area contributed by atoms with E-state index in [2.05, 4.69) is 15.4 Å². The van der Waals surface area contributed by atoms with Crippen LogP contribution in [-0.4, -0.2) is 33.8 Å². The van der Waals surface area contributed by atoms with Crippen LogP contribution in [0.1, 0.15) is 30.9 Å². The van der Waals surface area contributed by atoms with Gasteiger partial charge in [0.15, 0.2) is 5.82 Å². The molecule has 0 radical (unpaired) electrons. The molecule has 1 amide bonds. The molecule has 0 spiro atoms. The molecule has 3 rings (SSSR count). The molecule has 1 N–H and O–H groups in total. The second-order valence-electron chi connectivity index (χ2n) is 5.86. The van der Waals surface area contributed by atoms with E-state index in [1.807, 2.05) is 50.2 Å². The molecule has 0 aliphatic carbocycles. The van der Waals surface area contributed by atoms with Crippen molar-refractivity contribution in [1.29, 1.82) is 0 Å². The summed E-state index contributed by atoms with van der Waals surface area (Å²) in [6.07, 6.45) is 0.840. The van der Waals surface area contributed by atoms with Gasteiger partial charge < -0.3 is 10.1 Å². The Balaban J connectivity index is 2.04. The van der Waals surface area contributed by atoms with Crippen molar-refractivity contribution < 1.29 is 9.53 Å². The maximum absolute atomic E-state index is 12.3. The lowest BCUT2D eigenvalue weighted by Gasteiger charge is -2.08. The Morgan fingerprint density at radius 3 is 2.63 bits per heavy atom. The van der Waals surface area contributed by atoms with Crippen molar-refractivity contribution in [3.8, 4) is 22.8 Å². The van der Waals surface area contributed by atoms with Crippen molar-refractivity contribution in [1.82, 2.24) is 20.1 Å². The van der Waals surface area contributed by atoms with Gasteiger partial charge in [-0.2, -0.15) is 0 Å². The number of carbonyl (C=O) groups is 1. The van der Waals surface area contributed by atoms with E-state index in [9.17, 15) is 4.79 Å². The topological polar surface area (TPSA) is 69.0 Å². The van der Waals surface area contributed by atoms with E-state index in [0.29, 0.717) is 24.0 Å². The van der Waals surface area contributed by atoms with E-state index in [-0.39, 0.29) is 11.7 Å². The van der Waals surface area contributed by atoms with Crippen molar-refractivity contribution in [2.24, 2.45) is 0 Å². The van der Waals surface area contributed by atoms with Crippen LogP contribution in [0.4, 0.5) is 0 Å². The van der Waals surface area contributed by atoms with Crippen LogP contribution in [0, 0.1) is 0 Å². The largest absolute Gasteiger partial charge is 0.494 e. The molecule has 2 aromatic carbocycles. The number of aromatic nitrogens is 3. The number of nitrogens with one attached hydrogen (secondary N) is 1. The fourth-order valence-corrected chi connectivity index (χ4v) is 2.76. The summed E-state index contributed by atoms with van der Waals surface area (Å²) in [5.41, 5.74) is 1.55. The van der Waals surface area contributed by atoms with Crippen LogP contribution in [0.2, 0.25) is 5.02 Å². The summed E-state index contributed by atoms with van der Waals surface area (Å²) < 4.78 is 7.13. The van der Waals surface area contributed by atoms with Gasteiger partial charge in [-0.15, -0.1) is 5.10 Å². The smallest absolute Gasteiger partial charge is 0.290 e. The number of amides is 1. The minimum absolute atomic E-state index is 0.118. The first-order chi connectivity index (χ1) is 13.1. The van der Waals surface area contributed by atoms with Crippen molar-refractivity contribution in [2.75, 3.05) is 13.2 Å². The van der Waals surface area contributed by atoms with E-state index in [1.165, 1.54) is 0 Å². The summed E-state index contributed by atoms with van der Waals surface area (Å²) in [6, 6.07) is 14.8. The summed E-state index contributed by atoms with van der Waals surface area (Å²) in [4.78, 5) is 16.8. The van der Waals surface area contributed by atoms with Gasteiger partial charge in [-0.1, -0.05) is 30.7 Å². The molecular weight excluding hydrogens is 364 g/mol. The van der Waals surface area contributed by atoms with Gasteiger partial charge in [0, 0.05) is 17.1 Å². The van der Waals surface area contributed by atoms with Crippen molar-refractivity contribution in [3.63, 3.8) is 0 Å². The number of nitrogens with zero attached hydrogens (tertiary/aromatic N) is 3. The standard InChI is InChI=1S/C20H21ClN4O2/c1-3-12-22-20(26)18-23-19(14-6-5-7-15(21)13-14)25(24-18)16-8-10-17(11-9-16)27-4-2/h5-11,13H,3-4,12H2,1-2H3,(H,22,26). The van der Waals surface area contributed by atoms with Crippen LogP contribution >= 0.6 is 11.6 Å². The Labute approximate surface area is 163 Å². The zero-order valence-corrected chi connectivity index (χ0v) is 16.0. The third-order valence-corrected chi connectivity index (χ3v) is 4.06. The summed E-state index contributed by atoms with van der Waals surface area (Å²) in [7, 11) is 0. The first-order valence-corrected chi connectivity index (χ1v) is 9.24. The number of hydrogen-bond donors (Lipinski definition) is 1. The molecule has 0 unspecified atom stereocenters. The summed E-state index contributed by atoms with van der Waals surface area (Å²) in [5, 5.41) is 7.82. The van der Waals surface area contributed by atoms with Gasteiger partial charge in [0.05, 0.1) is 12.3 Å². The van der Waals surface area contributed by atoms with Gasteiger partial charge >= 0.3 is 0 Å². The van der Waals surface area contributed by atoms with Crippen LogP contribution in [0.25, 0.3) is 17.1 Å². The quantitative estimate of drug-likeness (QED) is 0.665. The predicted octanol–water partition coefficient (Wildman–Crippen LogP) is 4.13. The van der Waals surface area contributed by atoms with Gasteiger partial charge in [-0.3, -0.25) is 4.79 Å². The average Bonchev–Trinajstić information content (AvgIpc) is 3.12. The number of ether oxygens (including phenoxy) is 1. The monoisotopic (exact) mass is 384 g/mol. The van der Waals surface area contributed by atoms with Crippen molar-refractivity contribution in [2.45, 2.75) is 20.3 Å². The van der Waals surface area contributed by atoms with Crippen LogP contribution in [0.5, 0.6) is 5.75 Å². The Morgan fingerprint density at radius 2 is 1.96 bits per heavy atom. The number of carbonyl (C=O) groups excluding carboxylic acids is 1. The van der Waals surface area contributed by atoms with Crippen LogP contribution in [0.15, 0.2) is 48.5 Å². The number of benzene rings is 2. The van der Waals surface area contributed by atoms with Gasteiger partial charge in [-0.25, -0.2) is 9.67 Å². The highest BCUT2D eigenvalue weighted by atomic mass is 35.5. The molecule has 0 aliphatic heterocycles. The van der Waals surface area contributed by atoms with E-state index >= 15 is 0 Å². The Morgan fingerprint density at radius 1 is 1.19 bits per heavy atom. The molecule has 0 saturated heterocycles. The lowest BCUT2D eigenvalue weighted by atomic mass is 10.2. The molecule has 7 heteroatoms. The zero-order chi connectivity index (χ0) is 19.2. The molecule has 1 aromatic heterocycles. The fourth-order valence-electron chi connectivity index (χ4n) is 2.57. The predicted molar refractivity (Wildman–Crippen MR) is 106 cm³/mol. The number of halogens is 1. The van der Waals surface area contributed by atoms with Crippen LogP contribution in [-0.2, 0) is 0 Å². The summed E-state index contributed by atoms with van der Waals surface area (Å²) >= 11 is 6.13. The molecular formula is C20H21ClN4O2. The molecule has 27 heavy (non-hydrogen) atoms. The summed E-state index contributed by atoms with van der Waals surface area (Å²) in [6.45, 7) is 5.09. The highest BCUT2D eigenvalue weighted by molar-refractivity contribution is 6.30. The Bertz CT molecular complexity index is 922. The van der Waals surface area contributed by atoms with Crippen molar-refractivity contribution >= 4 is 17.5 Å². The molecule has 6 nitrogen and oxygen atoms in total. The molecule has 1 heterocycles. The van der Waals surface area contributed by atoms with E-state index in [4.69, 9.17) is 16.3 Å². The fraction of sp³-hybridized carbons (Fsp3) is 0.250. The lowest BCUT2D eigenvalue weighted by Crippen LogP contribution is -2.25. The molecule has 0 atom stereocenters. The minimum Gasteiger partial charge on any atom is -0.494 e. The number of hydrogen-bond acceptors (Lipinski definition) is 4. The molecule has 0 bridgehead atoms. The van der Waals surface area contributed by atoms with Gasteiger partial charge in [0.2, 0.25) is 5.82 Å². The van der Waals surface area contributed by atoms with Gasteiger partial charge in [0.1, 0.15) is 5.75 Å². The van der Waals surface area contributed by atoms with Crippen LogP contribution < -0.4 is 10.1 Å². The second kappa shape index (κ2) is 8.68. The third kappa shape index (κ3) is 4.46. The third-order valence-electron chi connectivity index (χ3n) is 3.82. The summed E-state index contributed by atoms with van der Waals surface area (Å²) in [5.74, 6) is 1.13. The first kappa shape index (κ1) is 18.9. The van der Waals surface area contributed by atoms with Gasteiger partial charge in [0.25, 0.3) is 5.91 Å². The maximum Gasteiger partial charge on any atom is 0.290 e. The van der Waals surface area contributed by atoms with Gasteiger partial charge in [-0.05, 0) is 49.7 Å². The van der Waals surface area contributed by atoms with Crippen molar-refractivity contribution in [3.05, 3.63) is 59.4 Å². The van der Waals surface area contributed by atoms with E-state index < -0.39 is 0 Å². The highest BCUT2D eigenvalue weighted by Crippen LogP contribution is 2.25. The molecule has 3 aromatic rings. The minimum atomic E-state index is -0.301. The zero-order valence-electron chi connectivity index (χ0n) is 15.3. The van der Waals surface area contributed by atoms with E-state index in [0.717, 1.165) is 23.4 Å². The Hall–Kier alpha value is -2.86. The van der Waals surface area contributed by atoms with Crippen LogP contribution in [0.3, 0.4) is 0 Å². The molecule has 0 aliphatic rings.